The number of carboxylic acids is 1. The molecule has 1 saturated carbocycles. The van der Waals surface area contributed by atoms with Gasteiger partial charge in [0.2, 0.25) is 5.91 Å². The van der Waals surface area contributed by atoms with Crippen molar-refractivity contribution in [3.8, 4) is 5.75 Å². The minimum absolute atomic E-state index is 0.242. The number of amides is 2. The molecule has 0 heterocycles. The predicted octanol–water partition coefficient (Wildman–Crippen LogP) is 0.652. The van der Waals surface area contributed by atoms with Crippen LogP contribution in [0, 0.1) is 11.8 Å². The van der Waals surface area contributed by atoms with Gasteiger partial charge in [-0.25, -0.2) is 0 Å². The summed E-state index contributed by atoms with van der Waals surface area (Å²) >= 11 is 0. The number of rotatable bonds is 7. The van der Waals surface area contributed by atoms with Crippen molar-refractivity contribution < 1.29 is 24.2 Å². The SMILES string of the molecule is COc1ccc(C(=O)NCCNC(=O)C2CCC2C(=O)O)cc1. The highest BCUT2D eigenvalue weighted by Gasteiger charge is 2.41. The molecule has 124 valence electrons. The van der Waals surface area contributed by atoms with E-state index in [1.54, 1.807) is 31.4 Å². The molecule has 7 nitrogen and oxygen atoms in total. The molecule has 1 aromatic carbocycles. The van der Waals surface area contributed by atoms with Crippen LogP contribution in [0.3, 0.4) is 0 Å². The molecule has 1 aromatic rings. The number of hydrogen-bond donors (Lipinski definition) is 3. The first-order chi connectivity index (χ1) is 11.0. The standard InChI is InChI=1S/C16H20N2O5/c1-23-11-4-2-10(3-5-11)14(19)17-8-9-18-15(20)12-6-7-13(12)16(21)22/h2-5,12-13H,6-9H2,1H3,(H,17,19)(H,18,20)(H,21,22). The van der Waals surface area contributed by atoms with Gasteiger partial charge in [-0.2, -0.15) is 0 Å². The number of methoxy groups -OCH3 is 1. The van der Waals surface area contributed by atoms with Crippen LogP contribution in [0.4, 0.5) is 0 Å². The van der Waals surface area contributed by atoms with Gasteiger partial charge in [-0.15, -0.1) is 0 Å². The van der Waals surface area contributed by atoms with E-state index >= 15 is 0 Å². The lowest BCUT2D eigenvalue weighted by molar-refractivity contribution is -0.152. The third-order valence-electron chi connectivity index (χ3n) is 3.99. The Labute approximate surface area is 134 Å². The maximum atomic E-state index is 11.9. The normalized spacial score (nSPS) is 19.3. The summed E-state index contributed by atoms with van der Waals surface area (Å²) in [4.78, 5) is 34.6. The summed E-state index contributed by atoms with van der Waals surface area (Å²) in [6.45, 7) is 0.546. The van der Waals surface area contributed by atoms with Gasteiger partial charge in [0.05, 0.1) is 18.9 Å². The van der Waals surface area contributed by atoms with E-state index in [0.717, 1.165) is 0 Å². The van der Waals surface area contributed by atoms with Crippen LogP contribution in [-0.4, -0.2) is 43.1 Å². The molecule has 0 bridgehead atoms. The van der Waals surface area contributed by atoms with Crippen molar-refractivity contribution in [2.45, 2.75) is 12.8 Å². The predicted molar refractivity (Wildman–Crippen MR) is 82.2 cm³/mol. The van der Waals surface area contributed by atoms with Crippen molar-refractivity contribution in [2.24, 2.45) is 11.8 Å². The fourth-order valence-electron chi connectivity index (χ4n) is 2.45. The second kappa shape index (κ2) is 7.62. The quantitative estimate of drug-likeness (QED) is 0.640. The van der Waals surface area contributed by atoms with Crippen molar-refractivity contribution in [2.75, 3.05) is 20.2 Å². The highest BCUT2D eigenvalue weighted by Crippen LogP contribution is 2.34. The number of aliphatic carboxylic acids is 1. The van der Waals surface area contributed by atoms with Gasteiger partial charge in [0.25, 0.3) is 5.91 Å². The second-order valence-electron chi connectivity index (χ2n) is 5.40. The first-order valence-corrected chi connectivity index (χ1v) is 7.45. The van der Waals surface area contributed by atoms with Gasteiger partial charge >= 0.3 is 5.97 Å². The summed E-state index contributed by atoms with van der Waals surface area (Å²) in [5.74, 6) is -1.79. The van der Waals surface area contributed by atoms with Gasteiger partial charge < -0.3 is 20.5 Å². The van der Waals surface area contributed by atoms with Crippen molar-refractivity contribution >= 4 is 17.8 Å². The minimum atomic E-state index is -0.927. The summed E-state index contributed by atoms with van der Waals surface area (Å²) in [5, 5.41) is 14.3. The van der Waals surface area contributed by atoms with Crippen molar-refractivity contribution in [1.29, 1.82) is 0 Å². The van der Waals surface area contributed by atoms with Gasteiger partial charge in [-0.1, -0.05) is 0 Å². The van der Waals surface area contributed by atoms with Crippen LogP contribution < -0.4 is 15.4 Å². The van der Waals surface area contributed by atoms with E-state index in [0.29, 0.717) is 24.2 Å². The minimum Gasteiger partial charge on any atom is -0.497 e. The zero-order valence-electron chi connectivity index (χ0n) is 12.9. The molecule has 2 unspecified atom stereocenters. The molecule has 1 aliphatic rings. The van der Waals surface area contributed by atoms with Gasteiger partial charge in [-0.05, 0) is 37.1 Å². The number of carbonyl (C=O) groups excluding carboxylic acids is 2. The van der Waals surface area contributed by atoms with Crippen molar-refractivity contribution in [3.05, 3.63) is 29.8 Å². The van der Waals surface area contributed by atoms with E-state index in [-0.39, 0.29) is 24.9 Å². The Morgan fingerprint density at radius 1 is 1.09 bits per heavy atom. The Hall–Kier alpha value is -2.57. The Morgan fingerprint density at radius 3 is 2.22 bits per heavy atom. The molecule has 0 aromatic heterocycles. The lowest BCUT2D eigenvalue weighted by Crippen LogP contribution is -2.45. The maximum absolute atomic E-state index is 11.9. The van der Waals surface area contributed by atoms with Crippen LogP contribution in [0.25, 0.3) is 0 Å². The van der Waals surface area contributed by atoms with Crippen LogP contribution in [-0.2, 0) is 9.59 Å². The fraction of sp³-hybridized carbons (Fsp3) is 0.438. The number of benzene rings is 1. The summed E-state index contributed by atoms with van der Waals surface area (Å²) in [6, 6.07) is 6.69. The highest BCUT2D eigenvalue weighted by molar-refractivity contribution is 5.94. The molecule has 2 rings (SSSR count). The molecule has 0 saturated heterocycles. The molecular weight excluding hydrogens is 300 g/mol. The number of nitrogens with one attached hydrogen (secondary N) is 2. The number of ether oxygens (including phenoxy) is 1. The Morgan fingerprint density at radius 2 is 1.70 bits per heavy atom. The van der Waals surface area contributed by atoms with E-state index in [2.05, 4.69) is 10.6 Å². The van der Waals surface area contributed by atoms with Gasteiger partial charge in [0.1, 0.15) is 5.75 Å². The lowest BCUT2D eigenvalue weighted by atomic mass is 9.73. The molecule has 1 aliphatic carbocycles. The zero-order chi connectivity index (χ0) is 16.8. The van der Waals surface area contributed by atoms with Crippen LogP contribution in [0.1, 0.15) is 23.2 Å². The van der Waals surface area contributed by atoms with Gasteiger partial charge in [-0.3, -0.25) is 14.4 Å². The first kappa shape index (κ1) is 16.8. The Kier molecular flexibility index (Phi) is 5.56. The Bertz CT molecular complexity index is 585. The molecular formula is C16H20N2O5. The number of carbonyl (C=O) groups is 3. The fourth-order valence-corrected chi connectivity index (χ4v) is 2.45. The van der Waals surface area contributed by atoms with Gasteiger partial charge in [0.15, 0.2) is 0 Å². The first-order valence-electron chi connectivity index (χ1n) is 7.45. The van der Waals surface area contributed by atoms with Crippen LogP contribution in [0.15, 0.2) is 24.3 Å². The van der Waals surface area contributed by atoms with E-state index in [1.165, 1.54) is 0 Å². The highest BCUT2D eigenvalue weighted by atomic mass is 16.5. The second-order valence-corrected chi connectivity index (χ2v) is 5.40. The molecule has 23 heavy (non-hydrogen) atoms. The smallest absolute Gasteiger partial charge is 0.307 e. The van der Waals surface area contributed by atoms with E-state index in [1.807, 2.05) is 0 Å². The molecule has 7 heteroatoms. The lowest BCUT2D eigenvalue weighted by Gasteiger charge is -2.31. The maximum Gasteiger partial charge on any atom is 0.307 e. The third kappa shape index (κ3) is 4.21. The molecule has 3 N–H and O–H groups in total. The van der Waals surface area contributed by atoms with Crippen molar-refractivity contribution in [3.63, 3.8) is 0 Å². The van der Waals surface area contributed by atoms with E-state index in [4.69, 9.17) is 9.84 Å². The summed E-state index contributed by atoms with van der Waals surface area (Å²) in [5.41, 5.74) is 0.502. The summed E-state index contributed by atoms with van der Waals surface area (Å²) in [7, 11) is 1.55. The van der Waals surface area contributed by atoms with Crippen LogP contribution in [0.2, 0.25) is 0 Å². The molecule has 0 spiro atoms. The largest absolute Gasteiger partial charge is 0.497 e. The number of hydrogen-bond acceptors (Lipinski definition) is 4. The molecule has 0 radical (unpaired) electrons. The zero-order valence-corrected chi connectivity index (χ0v) is 12.9. The molecule has 2 atom stereocenters. The summed E-state index contributed by atoms with van der Waals surface area (Å²) < 4.78 is 5.02. The number of carboxylic acid groups (broad SMARTS) is 1. The topological polar surface area (TPSA) is 105 Å². The summed E-state index contributed by atoms with van der Waals surface area (Å²) in [6.07, 6.45) is 1.14. The van der Waals surface area contributed by atoms with Gasteiger partial charge in [0, 0.05) is 18.7 Å². The third-order valence-corrected chi connectivity index (χ3v) is 3.99. The average molecular weight is 320 g/mol. The van der Waals surface area contributed by atoms with E-state index < -0.39 is 17.8 Å². The molecule has 2 amide bonds. The average Bonchev–Trinajstić information content (AvgIpc) is 2.49. The molecule has 0 aliphatic heterocycles. The monoisotopic (exact) mass is 320 g/mol. The Balaban J connectivity index is 1.69. The van der Waals surface area contributed by atoms with Crippen LogP contribution in [0.5, 0.6) is 5.75 Å². The van der Waals surface area contributed by atoms with Crippen molar-refractivity contribution in [1.82, 2.24) is 10.6 Å². The van der Waals surface area contributed by atoms with Crippen LogP contribution >= 0.6 is 0 Å². The van der Waals surface area contributed by atoms with E-state index in [9.17, 15) is 14.4 Å². The molecule has 1 fully saturated rings.